The molecule has 6 heteroatoms. The molecule has 0 bridgehead atoms. The summed E-state index contributed by atoms with van der Waals surface area (Å²) >= 11 is 12.7. The molecular formula is C20H18Cl2N4. The number of aromatic nitrogens is 2. The molecule has 1 aliphatic rings. The summed E-state index contributed by atoms with van der Waals surface area (Å²) in [4.78, 5) is 4.44. The molecule has 4 nitrogen and oxygen atoms in total. The molecule has 2 heterocycles. The van der Waals surface area contributed by atoms with Crippen molar-refractivity contribution in [3.63, 3.8) is 0 Å². The van der Waals surface area contributed by atoms with Crippen LogP contribution >= 0.6 is 23.2 Å². The van der Waals surface area contributed by atoms with Gasteiger partial charge in [-0.2, -0.15) is 0 Å². The average Bonchev–Trinajstić information content (AvgIpc) is 2.68. The second-order valence-electron chi connectivity index (χ2n) is 6.29. The molecule has 0 N–H and O–H groups in total. The van der Waals surface area contributed by atoms with Crippen molar-refractivity contribution in [1.82, 2.24) is 10.2 Å². The van der Waals surface area contributed by atoms with Gasteiger partial charge in [0.05, 0.1) is 0 Å². The van der Waals surface area contributed by atoms with Crippen LogP contribution in [-0.4, -0.2) is 23.3 Å². The van der Waals surface area contributed by atoms with E-state index in [0.717, 1.165) is 37.7 Å². The third-order valence-electron chi connectivity index (χ3n) is 4.52. The van der Waals surface area contributed by atoms with E-state index in [-0.39, 0.29) is 5.15 Å². The van der Waals surface area contributed by atoms with Crippen LogP contribution in [0.4, 0.5) is 11.5 Å². The van der Waals surface area contributed by atoms with Crippen molar-refractivity contribution >= 4 is 34.7 Å². The molecule has 0 radical (unpaired) electrons. The van der Waals surface area contributed by atoms with E-state index in [0.29, 0.717) is 5.02 Å². The molecule has 0 fully saturated rings. The highest BCUT2D eigenvalue weighted by Gasteiger charge is 2.28. The zero-order valence-electron chi connectivity index (χ0n) is 14.1. The number of anilines is 2. The second-order valence-corrected chi connectivity index (χ2v) is 7.03. The zero-order valence-corrected chi connectivity index (χ0v) is 15.7. The van der Waals surface area contributed by atoms with E-state index in [2.05, 4.69) is 44.3 Å². The molecule has 1 aliphatic heterocycles. The lowest BCUT2D eigenvalue weighted by molar-refractivity contribution is 0.676. The normalized spacial score (nSPS) is 13.6. The van der Waals surface area contributed by atoms with Crippen molar-refractivity contribution in [2.75, 3.05) is 22.9 Å². The van der Waals surface area contributed by atoms with Gasteiger partial charge in [0.2, 0.25) is 0 Å². The molecule has 2 aromatic carbocycles. The number of rotatable bonds is 4. The Kier molecular flexibility index (Phi) is 4.96. The van der Waals surface area contributed by atoms with Crippen LogP contribution < -0.4 is 9.80 Å². The molecule has 0 saturated heterocycles. The maximum absolute atomic E-state index is 6.54. The maximum atomic E-state index is 6.54. The van der Waals surface area contributed by atoms with Crippen molar-refractivity contribution in [2.24, 2.45) is 0 Å². The van der Waals surface area contributed by atoms with E-state index >= 15 is 0 Å². The van der Waals surface area contributed by atoms with Crippen molar-refractivity contribution < 1.29 is 0 Å². The molecule has 4 rings (SSSR count). The summed E-state index contributed by atoms with van der Waals surface area (Å²) < 4.78 is 0. The molecule has 0 aliphatic carbocycles. The SMILES string of the molecule is Clc1nnc2c(c1Cl)N(Cc1ccccc1)CCN2Cc1ccccc1. The lowest BCUT2D eigenvalue weighted by Gasteiger charge is -2.38. The third kappa shape index (κ3) is 3.48. The molecule has 0 atom stereocenters. The summed E-state index contributed by atoms with van der Waals surface area (Å²) in [6.07, 6.45) is 0. The lowest BCUT2D eigenvalue weighted by Crippen LogP contribution is -2.41. The van der Waals surface area contributed by atoms with Crippen molar-refractivity contribution in [1.29, 1.82) is 0 Å². The predicted octanol–water partition coefficient (Wildman–Crippen LogP) is 4.81. The fourth-order valence-electron chi connectivity index (χ4n) is 3.25. The number of nitrogens with zero attached hydrogens (tertiary/aromatic N) is 4. The van der Waals surface area contributed by atoms with Crippen LogP contribution in [0, 0.1) is 0 Å². The van der Waals surface area contributed by atoms with Crippen LogP contribution in [0.1, 0.15) is 11.1 Å². The Labute approximate surface area is 163 Å². The van der Waals surface area contributed by atoms with Crippen molar-refractivity contribution in [3.05, 3.63) is 82.0 Å². The van der Waals surface area contributed by atoms with Gasteiger partial charge in [-0.15, -0.1) is 10.2 Å². The Morgan fingerprint density at radius 2 is 1.27 bits per heavy atom. The molecule has 0 saturated carbocycles. The van der Waals surface area contributed by atoms with Gasteiger partial charge in [0, 0.05) is 26.2 Å². The quantitative estimate of drug-likeness (QED) is 0.645. The van der Waals surface area contributed by atoms with Gasteiger partial charge in [0.25, 0.3) is 0 Å². The Bertz CT molecular complexity index is 887. The largest absolute Gasteiger partial charge is 0.361 e. The third-order valence-corrected chi connectivity index (χ3v) is 5.24. The van der Waals surface area contributed by atoms with Crippen molar-refractivity contribution in [3.8, 4) is 0 Å². The van der Waals surface area contributed by atoms with Gasteiger partial charge in [-0.05, 0) is 11.1 Å². The monoisotopic (exact) mass is 384 g/mol. The summed E-state index contributed by atoms with van der Waals surface area (Å²) in [6, 6.07) is 20.7. The van der Waals surface area contributed by atoms with Gasteiger partial charge in [-0.1, -0.05) is 83.9 Å². The number of halogens is 2. The van der Waals surface area contributed by atoms with Crippen molar-refractivity contribution in [2.45, 2.75) is 13.1 Å². The minimum Gasteiger partial charge on any atom is -0.361 e. The van der Waals surface area contributed by atoms with Gasteiger partial charge in [0.15, 0.2) is 11.0 Å². The first-order valence-corrected chi connectivity index (χ1v) is 9.27. The molecule has 0 unspecified atom stereocenters. The molecule has 26 heavy (non-hydrogen) atoms. The minimum atomic E-state index is 0.241. The van der Waals surface area contributed by atoms with Gasteiger partial charge in [-0.25, -0.2) is 0 Å². The highest BCUT2D eigenvalue weighted by molar-refractivity contribution is 6.43. The number of hydrogen-bond acceptors (Lipinski definition) is 4. The molecule has 1 aromatic heterocycles. The Morgan fingerprint density at radius 1 is 0.731 bits per heavy atom. The Balaban J connectivity index is 1.68. The maximum Gasteiger partial charge on any atom is 0.176 e. The van der Waals surface area contributed by atoms with E-state index in [1.165, 1.54) is 11.1 Å². The van der Waals surface area contributed by atoms with Crippen LogP contribution in [0.2, 0.25) is 10.2 Å². The summed E-state index contributed by atoms with van der Waals surface area (Å²) in [7, 11) is 0. The van der Waals surface area contributed by atoms with Crippen LogP contribution in [0.3, 0.4) is 0 Å². The smallest absolute Gasteiger partial charge is 0.176 e. The highest BCUT2D eigenvalue weighted by atomic mass is 35.5. The van der Waals surface area contributed by atoms with E-state index < -0.39 is 0 Å². The summed E-state index contributed by atoms with van der Waals surface area (Å²) in [6.45, 7) is 3.21. The van der Waals surface area contributed by atoms with E-state index in [1.807, 2.05) is 36.4 Å². The van der Waals surface area contributed by atoms with E-state index in [4.69, 9.17) is 23.2 Å². The second kappa shape index (κ2) is 7.52. The van der Waals surface area contributed by atoms with Crippen LogP contribution in [0.25, 0.3) is 0 Å². The molecule has 0 amide bonds. The van der Waals surface area contributed by atoms with Crippen LogP contribution in [-0.2, 0) is 13.1 Å². The van der Waals surface area contributed by atoms with E-state index in [1.54, 1.807) is 0 Å². The molecule has 0 spiro atoms. The van der Waals surface area contributed by atoms with Gasteiger partial charge < -0.3 is 9.80 Å². The summed E-state index contributed by atoms with van der Waals surface area (Å²) in [5, 5.41) is 9.11. The molecule has 3 aromatic rings. The average molecular weight is 385 g/mol. The summed E-state index contributed by atoms with van der Waals surface area (Å²) in [5.74, 6) is 0.783. The minimum absolute atomic E-state index is 0.241. The fraction of sp³-hybridized carbons (Fsp3) is 0.200. The number of fused-ring (bicyclic) bond motifs is 1. The number of hydrogen-bond donors (Lipinski definition) is 0. The first kappa shape index (κ1) is 17.1. The van der Waals surface area contributed by atoms with E-state index in [9.17, 15) is 0 Å². The van der Waals surface area contributed by atoms with Gasteiger partial charge in [-0.3, -0.25) is 0 Å². The fourth-order valence-corrected chi connectivity index (χ4v) is 3.62. The Hall–Kier alpha value is -2.30. The van der Waals surface area contributed by atoms with Gasteiger partial charge >= 0.3 is 0 Å². The van der Waals surface area contributed by atoms with Crippen LogP contribution in [0.5, 0.6) is 0 Å². The standard InChI is InChI=1S/C20H18Cl2N4/c21-17-18-20(24-23-19(17)22)26(14-16-9-5-2-6-10-16)12-11-25(18)13-15-7-3-1-4-8-15/h1-10H,11-14H2. The first-order chi connectivity index (χ1) is 12.7. The topological polar surface area (TPSA) is 32.3 Å². The van der Waals surface area contributed by atoms with Gasteiger partial charge in [0.1, 0.15) is 10.7 Å². The zero-order chi connectivity index (χ0) is 17.9. The summed E-state index contributed by atoms with van der Waals surface area (Å²) in [5.41, 5.74) is 3.31. The Morgan fingerprint density at radius 3 is 1.88 bits per heavy atom. The predicted molar refractivity (Wildman–Crippen MR) is 107 cm³/mol. The number of benzene rings is 2. The highest BCUT2D eigenvalue weighted by Crippen LogP contribution is 2.41. The molecule has 132 valence electrons. The van der Waals surface area contributed by atoms with Crippen LogP contribution in [0.15, 0.2) is 60.7 Å². The first-order valence-electron chi connectivity index (χ1n) is 8.52. The lowest BCUT2D eigenvalue weighted by atomic mass is 10.1. The molecular weight excluding hydrogens is 367 g/mol.